The molecule has 0 radical (unpaired) electrons. The highest BCUT2D eigenvalue weighted by molar-refractivity contribution is 6.36. The van der Waals surface area contributed by atoms with Crippen LogP contribution in [0.1, 0.15) is 75.3 Å². The van der Waals surface area contributed by atoms with E-state index in [1.807, 2.05) is 38.0 Å². The summed E-state index contributed by atoms with van der Waals surface area (Å²) in [6, 6.07) is 13.0. The van der Waals surface area contributed by atoms with Gasteiger partial charge in [-0.05, 0) is 103 Å². The number of carbonyl (C=O) groups is 8. The van der Waals surface area contributed by atoms with Crippen molar-refractivity contribution in [3.63, 3.8) is 0 Å². The van der Waals surface area contributed by atoms with Crippen molar-refractivity contribution in [2.24, 2.45) is 14.1 Å². The average Bonchev–Trinajstić information content (AvgIpc) is 3.85. The van der Waals surface area contributed by atoms with Gasteiger partial charge in [-0.2, -0.15) is 0 Å². The number of benzene rings is 3. The number of amides is 8. The van der Waals surface area contributed by atoms with E-state index in [2.05, 4.69) is 31.9 Å². The fourth-order valence-electron chi connectivity index (χ4n) is 7.51. The van der Waals surface area contributed by atoms with Gasteiger partial charge in [0.05, 0.1) is 40.5 Å². The summed E-state index contributed by atoms with van der Waals surface area (Å²) in [5.41, 5.74) is -0.0450. The van der Waals surface area contributed by atoms with Gasteiger partial charge in [-0.1, -0.05) is 6.07 Å². The number of hydrogen-bond acceptors (Lipinski definition) is 12. The van der Waals surface area contributed by atoms with Gasteiger partial charge in [-0.25, -0.2) is 4.90 Å². The molecule has 70 heavy (non-hydrogen) atoms. The van der Waals surface area contributed by atoms with Crippen LogP contribution in [0.5, 0.6) is 0 Å². The molecule has 22 nitrogen and oxygen atoms in total. The summed E-state index contributed by atoms with van der Waals surface area (Å²) in [5.74, 6) is -5.61. The van der Waals surface area contributed by atoms with Gasteiger partial charge in [0.25, 0.3) is 41.1 Å². The molecule has 3 heterocycles. The number of nitro benzene ring substituents is 1. The lowest BCUT2D eigenvalue weighted by Gasteiger charge is -2.27. The maximum absolute atomic E-state index is 14.1. The number of aryl methyl sites for hydroxylation is 2. The standard InChI is InChI=1S/C46H52N12O10.2ClH/c1-53(2)16-8-14-47-43(63)36-21-29(25-55(36)5)51-38(59)23-49-41(61)27-18-28(42(62)50-24-39(60)52-30-22-37(56(6)26-30)44(64)48-15-9-17-54(3)4)20-31(19-27)57-45(65)33-11-7-10-32-35(58(67)68)13-12-34(40(32)33)46(57)66;;/h7,10-13,18-22,25-26H,8-9,14-17,23-24H2,1-6H3,(H,47,63)(H,48,64)(H,49,61)(H,50,62)(H,51,59)(H,52,60);2*1H. The largest absolute Gasteiger partial charge is 0.351 e. The molecule has 0 saturated heterocycles. The lowest BCUT2D eigenvalue weighted by atomic mass is 9.92. The van der Waals surface area contributed by atoms with Crippen LogP contribution in [0.25, 0.3) is 10.8 Å². The number of anilines is 3. The second-order valence-electron chi connectivity index (χ2n) is 16.6. The Bertz CT molecular complexity index is 2720. The summed E-state index contributed by atoms with van der Waals surface area (Å²) in [6.45, 7) is 1.29. The normalized spacial score (nSPS) is 11.7. The predicted molar refractivity (Wildman–Crippen MR) is 266 cm³/mol. The quantitative estimate of drug-likeness (QED) is 0.0284. The molecular formula is C46H54Cl2N12O10. The Morgan fingerprint density at radius 3 is 1.51 bits per heavy atom. The molecule has 1 aliphatic rings. The first kappa shape index (κ1) is 54.9. The first-order valence-corrected chi connectivity index (χ1v) is 21.4. The number of carbonyl (C=O) groups excluding carboxylic acids is 8. The van der Waals surface area contributed by atoms with Crippen molar-refractivity contribution in [1.82, 2.24) is 40.2 Å². The fourth-order valence-corrected chi connectivity index (χ4v) is 7.51. The molecule has 5 aromatic rings. The van der Waals surface area contributed by atoms with E-state index >= 15 is 0 Å². The van der Waals surface area contributed by atoms with E-state index in [0.29, 0.717) is 13.1 Å². The Morgan fingerprint density at radius 2 is 1.07 bits per heavy atom. The molecule has 372 valence electrons. The molecule has 8 amide bonds. The first-order chi connectivity index (χ1) is 32.3. The van der Waals surface area contributed by atoms with E-state index in [1.54, 1.807) is 14.1 Å². The van der Waals surface area contributed by atoms with Crippen molar-refractivity contribution in [2.45, 2.75) is 12.8 Å². The van der Waals surface area contributed by atoms with E-state index in [-0.39, 0.29) is 104 Å². The molecule has 0 spiro atoms. The highest BCUT2D eigenvalue weighted by Gasteiger charge is 2.36. The van der Waals surface area contributed by atoms with Crippen molar-refractivity contribution in [2.75, 3.05) is 83.0 Å². The number of nitrogens with zero attached hydrogens (tertiary/aromatic N) is 6. The van der Waals surface area contributed by atoms with Gasteiger partial charge in [0.15, 0.2) is 0 Å². The zero-order valence-electron chi connectivity index (χ0n) is 39.2. The van der Waals surface area contributed by atoms with Crippen molar-refractivity contribution in [1.29, 1.82) is 0 Å². The summed E-state index contributed by atoms with van der Waals surface area (Å²) in [6.07, 6.45) is 4.52. The van der Waals surface area contributed by atoms with Gasteiger partial charge >= 0.3 is 0 Å². The third kappa shape index (κ3) is 13.1. The van der Waals surface area contributed by atoms with Gasteiger partial charge in [0.1, 0.15) is 11.4 Å². The molecule has 3 aromatic carbocycles. The van der Waals surface area contributed by atoms with E-state index in [9.17, 15) is 48.5 Å². The third-order valence-electron chi connectivity index (χ3n) is 10.8. The fraction of sp³-hybridized carbons (Fsp3) is 0.304. The monoisotopic (exact) mass is 1000 g/mol. The molecule has 0 unspecified atom stereocenters. The van der Waals surface area contributed by atoms with E-state index < -0.39 is 53.5 Å². The van der Waals surface area contributed by atoms with Crippen LogP contribution >= 0.6 is 24.8 Å². The molecule has 1 aliphatic heterocycles. The van der Waals surface area contributed by atoms with Crippen LogP contribution < -0.4 is 36.8 Å². The minimum absolute atomic E-state index is 0. The van der Waals surface area contributed by atoms with Crippen LogP contribution in [0.2, 0.25) is 0 Å². The predicted octanol–water partition coefficient (Wildman–Crippen LogP) is 3.17. The summed E-state index contributed by atoms with van der Waals surface area (Å²) in [5, 5.41) is 27.8. The molecule has 6 rings (SSSR count). The lowest BCUT2D eigenvalue weighted by Crippen LogP contribution is -2.41. The number of rotatable bonds is 20. The van der Waals surface area contributed by atoms with Crippen molar-refractivity contribution in [3.8, 4) is 0 Å². The number of aromatic nitrogens is 2. The Hall–Kier alpha value is -7.66. The summed E-state index contributed by atoms with van der Waals surface area (Å²) in [4.78, 5) is 123. The highest BCUT2D eigenvalue weighted by Crippen LogP contribution is 2.37. The SMILES string of the molecule is CN(C)CCCNC(=O)c1cc(NC(=O)CNC(=O)c2cc(C(=O)NCC(=O)Nc3cc(C(=O)NCCCN(C)C)n(C)c3)cc(N3C(=O)c4cccc5c([N+](=O)[O-])ccc(c45)C3=O)c2)cn1C.Cl.Cl. The summed E-state index contributed by atoms with van der Waals surface area (Å²) < 4.78 is 3.07. The van der Waals surface area contributed by atoms with E-state index in [0.717, 1.165) is 55.1 Å². The molecule has 0 fully saturated rings. The Labute approximate surface area is 414 Å². The Kier molecular flexibility index (Phi) is 18.9. The zero-order chi connectivity index (χ0) is 49.4. The minimum Gasteiger partial charge on any atom is -0.351 e. The van der Waals surface area contributed by atoms with Crippen molar-refractivity contribution >= 4 is 106 Å². The second-order valence-corrected chi connectivity index (χ2v) is 16.6. The number of non-ortho nitro benzene ring substituents is 1. The maximum atomic E-state index is 14.1. The number of hydrogen-bond donors (Lipinski definition) is 6. The maximum Gasteiger partial charge on any atom is 0.277 e. The van der Waals surface area contributed by atoms with Gasteiger partial charge in [-0.15, -0.1) is 24.8 Å². The van der Waals surface area contributed by atoms with E-state index in [1.165, 1.54) is 57.9 Å². The highest BCUT2D eigenvalue weighted by atomic mass is 35.5. The van der Waals surface area contributed by atoms with Gasteiger partial charge in [0.2, 0.25) is 11.8 Å². The van der Waals surface area contributed by atoms with Crippen LogP contribution in [0.15, 0.2) is 73.1 Å². The molecular weight excluding hydrogens is 951 g/mol. The molecule has 24 heteroatoms. The smallest absolute Gasteiger partial charge is 0.277 e. The number of nitro groups is 1. The molecule has 0 atom stereocenters. The van der Waals surface area contributed by atoms with Crippen molar-refractivity contribution < 1.29 is 43.3 Å². The van der Waals surface area contributed by atoms with Gasteiger partial charge < -0.3 is 50.8 Å². The number of halogens is 2. The Balaban J connectivity index is 0.00000533. The van der Waals surface area contributed by atoms with Gasteiger partial charge in [-0.3, -0.25) is 48.5 Å². The molecule has 0 saturated carbocycles. The molecule has 6 N–H and O–H groups in total. The van der Waals surface area contributed by atoms with Crippen LogP contribution in [0.3, 0.4) is 0 Å². The Morgan fingerprint density at radius 1 is 0.614 bits per heavy atom. The lowest BCUT2D eigenvalue weighted by molar-refractivity contribution is -0.383. The second kappa shape index (κ2) is 24.1. The van der Waals surface area contributed by atoms with Crippen LogP contribution in [0, 0.1) is 10.1 Å². The van der Waals surface area contributed by atoms with Crippen LogP contribution in [0.4, 0.5) is 22.7 Å². The minimum atomic E-state index is -0.898. The first-order valence-electron chi connectivity index (χ1n) is 21.4. The third-order valence-corrected chi connectivity index (χ3v) is 10.8. The zero-order valence-corrected chi connectivity index (χ0v) is 40.8. The molecule has 0 bridgehead atoms. The average molecular weight is 1010 g/mol. The van der Waals surface area contributed by atoms with Crippen LogP contribution in [-0.4, -0.2) is 139 Å². The van der Waals surface area contributed by atoms with Crippen LogP contribution in [-0.2, 0) is 23.7 Å². The topological polar surface area (TPSA) is 271 Å². The van der Waals surface area contributed by atoms with Gasteiger partial charge in [0, 0.05) is 73.3 Å². The van der Waals surface area contributed by atoms with Crippen molar-refractivity contribution in [3.05, 3.63) is 117 Å². The number of nitrogens with one attached hydrogen (secondary N) is 6. The summed E-state index contributed by atoms with van der Waals surface area (Å²) >= 11 is 0. The summed E-state index contributed by atoms with van der Waals surface area (Å²) in [7, 11) is 11.0. The molecule has 0 aliphatic carbocycles. The number of imide groups is 1. The molecule has 2 aromatic heterocycles. The van der Waals surface area contributed by atoms with E-state index in [4.69, 9.17) is 0 Å².